The van der Waals surface area contributed by atoms with Gasteiger partial charge in [-0.25, -0.2) is 4.57 Å². The maximum absolute atomic E-state index is 8.88. The summed E-state index contributed by atoms with van der Waals surface area (Å²) in [5, 5.41) is 7.27. The van der Waals surface area contributed by atoms with Gasteiger partial charge in [0.2, 0.25) is 0 Å². The first-order chi connectivity index (χ1) is 26.8. The van der Waals surface area contributed by atoms with Gasteiger partial charge in [0.05, 0.1) is 0 Å². The average molecular weight is 805 g/mol. The smallest absolute Gasteiger partial charge is 0.317 e. The van der Waals surface area contributed by atoms with E-state index in [1.807, 2.05) is 0 Å². The molecule has 0 saturated carbocycles. The number of phosphoric acid groups is 1. The molecule has 0 atom stereocenters. The van der Waals surface area contributed by atoms with Gasteiger partial charge in [0.15, 0.2) is 0 Å². The second-order valence-corrected chi connectivity index (χ2v) is 17.8. The van der Waals surface area contributed by atoms with E-state index < -0.39 is 7.82 Å². The first-order valence-electron chi connectivity index (χ1n) is 25.0. The van der Waals surface area contributed by atoms with Gasteiger partial charge in [0, 0.05) is 0 Å². The molecule has 0 heterocycles. The van der Waals surface area contributed by atoms with Gasteiger partial charge in [-0.1, -0.05) is 259 Å². The monoisotopic (exact) mass is 805 g/mol. The molecule has 0 aromatic rings. The van der Waals surface area contributed by atoms with Crippen LogP contribution in [0.25, 0.3) is 0 Å². The lowest BCUT2D eigenvalue weighted by Gasteiger charge is -2.05. The van der Waals surface area contributed by atoms with E-state index in [0.29, 0.717) is 0 Å². The van der Waals surface area contributed by atoms with Crippen molar-refractivity contribution < 1.29 is 19.2 Å². The van der Waals surface area contributed by atoms with Crippen molar-refractivity contribution in [3.63, 3.8) is 0 Å². The largest absolute Gasteiger partial charge is 0.466 e. The lowest BCUT2D eigenvalue weighted by atomic mass is 10.1. The summed E-state index contributed by atoms with van der Waals surface area (Å²) in [5.74, 6) is 0. The van der Waals surface area contributed by atoms with Gasteiger partial charge in [-0.2, -0.15) is 0 Å². The van der Waals surface area contributed by atoms with Crippen molar-refractivity contribution in [1.82, 2.24) is 10.6 Å². The van der Waals surface area contributed by atoms with E-state index in [9.17, 15) is 0 Å². The Morgan fingerprint density at radius 1 is 0.255 bits per heavy atom. The molecule has 0 aliphatic carbocycles. The van der Waals surface area contributed by atoms with Gasteiger partial charge < -0.3 is 25.3 Å². The van der Waals surface area contributed by atoms with Gasteiger partial charge in [-0.15, -0.1) is 0 Å². The highest BCUT2D eigenvalue weighted by Gasteiger charge is 2.00. The molecule has 0 unspecified atom stereocenters. The van der Waals surface area contributed by atoms with Crippen LogP contribution in [0.5, 0.6) is 0 Å². The third-order valence-corrected chi connectivity index (χ3v) is 10.8. The average Bonchev–Trinajstić information content (AvgIpc) is 3.15. The molecule has 0 fully saturated rings. The Morgan fingerprint density at radius 3 is 0.491 bits per heavy atom. The molecule has 0 amide bonds. The highest BCUT2D eigenvalue weighted by Crippen LogP contribution is 2.25. The predicted molar refractivity (Wildman–Crippen MR) is 247 cm³/mol. The maximum Gasteiger partial charge on any atom is 0.466 e. The fraction of sp³-hybridized carbons (Fsp3) is 1.00. The van der Waals surface area contributed by atoms with Crippen molar-refractivity contribution in [3.05, 3.63) is 0 Å². The van der Waals surface area contributed by atoms with Crippen LogP contribution in [0.4, 0.5) is 0 Å². The molecule has 0 aliphatic rings. The summed E-state index contributed by atoms with van der Waals surface area (Å²) in [4.78, 5) is 21.6. The van der Waals surface area contributed by atoms with Crippen LogP contribution in [-0.2, 0) is 4.57 Å². The molecule has 0 radical (unpaired) electrons. The summed E-state index contributed by atoms with van der Waals surface area (Å²) in [7, 11) is -4.64. The van der Waals surface area contributed by atoms with Crippen LogP contribution in [0, 0.1) is 0 Å². The Bertz CT molecular complexity index is 580. The lowest BCUT2D eigenvalue weighted by Crippen LogP contribution is -2.16. The Balaban J connectivity index is -0.000000874. The van der Waals surface area contributed by atoms with Crippen molar-refractivity contribution in [2.24, 2.45) is 0 Å². The summed E-state index contributed by atoms with van der Waals surface area (Å²) in [6.07, 6.45) is 57.6. The number of hydrogen-bond acceptors (Lipinski definition) is 3. The van der Waals surface area contributed by atoms with E-state index in [1.54, 1.807) is 0 Å². The molecule has 5 N–H and O–H groups in total. The summed E-state index contributed by atoms with van der Waals surface area (Å²) < 4.78 is 8.88. The second-order valence-electron chi connectivity index (χ2n) is 16.7. The van der Waals surface area contributed by atoms with Crippen LogP contribution in [0.3, 0.4) is 0 Å². The molecule has 0 rings (SSSR count). The molecule has 0 aromatic carbocycles. The van der Waals surface area contributed by atoms with Gasteiger partial charge in [0.25, 0.3) is 0 Å². The van der Waals surface area contributed by atoms with Crippen LogP contribution < -0.4 is 10.6 Å². The molecule has 7 heteroatoms. The van der Waals surface area contributed by atoms with Crippen LogP contribution in [0.1, 0.15) is 285 Å². The Labute approximate surface area is 347 Å². The number of nitrogens with one attached hydrogen (secondary N) is 2. The van der Waals surface area contributed by atoms with E-state index >= 15 is 0 Å². The molecule has 336 valence electrons. The Morgan fingerprint density at radius 2 is 0.364 bits per heavy atom. The predicted octanol–water partition coefficient (Wildman–Crippen LogP) is 15.9. The Kier molecular flexibility index (Phi) is 60.6. The van der Waals surface area contributed by atoms with Crippen molar-refractivity contribution >= 4 is 7.82 Å². The molecule has 0 aromatic heterocycles. The number of rotatable bonds is 44. The fourth-order valence-electron chi connectivity index (χ4n) is 7.20. The van der Waals surface area contributed by atoms with Crippen LogP contribution in [0.15, 0.2) is 0 Å². The zero-order chi connectivity index (χ0) is 41.0. The van der Waals surface area contributed by atoms with Crippen molar-refractivity contribution in [1.29, 1.82) is 0 Å². The van der Waals surface area contributed by atoms with Crippen molar-refractivity contribution in [2.45, 2.75) is 285 Å². The summed E-state index contributed by atoms with van der Waals surface area (Å²) in [6.45, 7) is 14.2. The first-order valence-corrected chi connectivity index (χ1v) is 26.6. The van der Waals surface area contributed by atoms with E-state index in [-0.39, 0.29) is 0 Å². The summed E-state index contributed by atoms with van der Waals surface area (Å²) >= 11 is 0. The summed E-state index contributed by atoms with van der Waals surface area (Å²) in [5.41, 5.74) is 0. The first kappa shape index (κ1) is 59.3. The lowest BCUT2D eigenvalue weighted by molar-refractivity contribution is 0.275. The quantitative estimate of drug-likeness (QED) is 0.0311. The minimum Gasteiger partial charge on any atom is -0.317 e. The Hall–Kier alpha value is 0.0300. The molecule has 0 aliphatic heterocycles. The number of hydrogen-bond donors (Lipinski definition) is 5. The molecule has 6 nitrogen and oxygen atoms in total. The third-order valence-electron chi connectivity index (χ3n) is 10.8. The second kappa shape index (κ2) is 56.1. The zero-order valence-electron chi connectivity index (χ0n) is 38.3. The minimum absolute atomic E-state index is 1.24. The van der Waals surface area contributed by atoms with Gasteiger partial charge in [-0.05, 0) is 51.9 Å². The van der Waals surface area contributed by atoms with E-state index in [2.05, 4.69) is 38.3 Å². The fourth-order valence-corrected chi connectivity index (χ4v) is 7.20. The van der Waals surface area contributed by atoms with Crippen LogP contribution in [-0.4, -0.2) is 40.9 Å². The molecular formula is C48H105N2O4P. The molecule has 55 heavy (non-hydrogen) atoms. The van der Waals surface area contributed by atoms with Gasteiger partial charge >= 0.3 is 7.82 Å². The van der Waals surface area contributed by atoms with E-state index in [4.69, 9.17) is 19.2 Å². The van der Waals surface area contributed by atoms with Crippen LogP contribution >= 0.6 is 7.82 Å². The molecule has 0 spiro atoms. The van der Waals surface area contributed by atoms with E-state index in [1.165, 1.54) is 283 Å². The normalized spacial score (nSPS) is 11.3. The van der Waals surface area contributed by atoms with Crippen LogP contribution in [0.2, 0.25) is 0 Å². The summed E-state index contributed by atoms with van der Waals surface area (Å²) in [6, 6.07) is 0. The topological polar surface area (TPSA) is 102 Å². The minimum atomic E-state index is -4.64. The van der Waals surface area contributed by atoms with Crippen molar-refractivity contribution in [2.75, 3.05) is 26.2 Å². The zero-order valence-corrected chi connectivity index (χ0v) is 39.2. The standard InChI is InChI=1S/2C24H51N.H3O4P/c2*1-3-5-7-9-11-13-15-17-19-21-23-25-24-22-20-18-16-14-12-10-8-6-4-2;1-5(2,3)4/h2*25H,3-24H2,1-2H3;(H3,1,2,3,4). The van der Waals surface area contributed by atoms with Crippen molar-refractivity contribution in [3.8, 4) is 0 Å². The molecule has 0 bridgehead atoms. The van der Waals surface area contributed by atoms with Gasteiger partial charge in [-0.3, -0.25) is 0 Å². The highest BCUT2D eigenvalue weighted by atomic mass is 31.2. The number of unbranched alkanes of at least 4 members (excludes halogenated alkanes) is 36. The molecular weight excluding hydrogens is 700 g/mol. The third kappa shape index (κ3) is 75.4. The highest BCUT2D eigenvalue weighted by molar-refractivity contribution is 7.45. The SMILES string of the molecule is CCCCCCCCCCCCNCCCCCCCCCCCC.CCCCCCCCCCCCNCCCCCCCCCCCC.O=P(O)(O)O. The van der Waals surface area contributed by atoms with E-state index in [0.717, 1.165) is 0 Å². The van der Waals surface area contributed by atoms with Gasteiger partial charge in [0.1, 0.15) is 0 Å². The maximum atomic E-state index is 8.88. The molecule has 0 saturated heterocycles.